The van der Waals surface area contributed by atoms with Crippen LogP contribution in [-0.4, -0.2) is 23.6 Å². The summed E-state index contributed by atoms with van der Waals surface area (Å²) in [4.78, 5) is 9.77. The van der Waals surface area contributed by atoms with Gasteiger partial charge < -0.3 is 4.90 Å². The van der Waals surface area contributed by atoms with Crippen molar-refractivity contribution in [2.75, 3.05) is 18.5 Å². The lowest BCUT2D eigenvalue weighted by atomic mass is 10.2. The predicted octanol–water partition coefficient (Wildman–Crippen LogP) is 2.29. The van der Waals surface area contributed by atoms with Gasteiger partial charge in [-0.3, -0.25) is 4.98 Å². The minimum atomic E-state index is -0.452. The molecule has 0 saturated heterocycles. The lowest BCUT2D eigenvalue weighted by molar-refractivity contribution is 0.583. The second-order valence-electron chi connectivity index (χ2n) is 3.83. The number of likely N-dealkylation sites (N-methyl/N-ethyl adjacent to an activating group) is 1. The molecule has 2 rings (SSSR count). The standard InChI is InChI=1S/C13H14FN3/c1-17(12-5-8-16-13(14)10-12)9-6-11-4-2-3-7-15-11/h2-5,7-8,10H,6,9H2,1H3. The SMILES string of the molecule is CN(CCc1ccccn1)c1ccnc(F)c1. The van der Waals surface area contributed by atoms with Gasteiger partial charge in [0.15, 0.2) is 0 Å². The fourth-order valence-electron chi connectivity index (χ4n) is 1.59. The van der Waals surface area contributed by atoms with E-state index in [0.29, 0.717) is 0 Å². The first-order valence-corrected chi connectivity index (χ1v) is 5.48. The number of hydrogen-bond donors (Lipinski definition) is 0. The lowest BCUT2D eigenvalue weighted by Gasteiger charge is -2.18. The van der Waals surface area contributed by atoms with E-state index in [-0.39, 0.29) is 0 Å². The predicted molar refractivity (Wildman–Crippen MR) is 65.4 cm³/mol. The number of aromatic nitrogens is 2. The molecule has 3 nitrogen and oxygen atoms in total. The molecule has 0 aliphatic heterocycles. The first kappa shape index (κ1) is 11.5. The van der Waals surface area contributed by atoms with Gasteiger partial charge >= 0.3 is 0 Å². The second kappa shape index (κ2) is 5.39. The van der Waals surface area contributed by atoms with Crippen LogP contribution in [0.25, 0.3) is 0 Å². The van der Waals surface area contributed by atoms with Crippen molar-refractivity contribution in [3.8, 4) is 0 Å². The molecule has 0 saturated carbocycles. The van der Waals surface area contributed by atoms with E-state index in [1.807, 2.05) is 30.1 Å². The first-order chi connectivity index (χ1) is 8.25. The number of halogens is 1. The smallest absolute Gasteiger partial charge is 0.214 e. The lowest BCUT2D eigenvalue weighted by Crippen LogP contribution is -2.20. The molecule has 0 spiro atoms. The van der Waals surface area contributed by atoms with E-state index in [4.69, 9.17) is 0 Å². The van der Waals surface area contributed by atoms with Crippen LogP contribution in [0.15, 0.2) is 42.7 Å². The number of nitrogens with zero attached hydrogens (tertiary/aromatic N) is 3. The Balaban J connectivity index is 1.96. The minimum Gasteiger partial charge on any atom is -0.374 e. The Hall–Kier alpha value is -1.97. The summed E-state index contributed by atoms with van der Waals surface area (Å²) < 4.78 is 12.9. The van der Waals surface area contributed by atoms with Gasteiger partial charge in [0.05, 0.1) is 0 Å². The number of hydrogen-bond acceptors (Lipinski definition) is 3. The molecular formula is C13H14FN3. The summed E-state index contributed by atoms with van der Waals surface area (Å²) in [5, 5.41) is 0. The first-order valence-electron chi connectivity index (χ1n) is 5.48. The maximum atomic E-state index is 12.9. The van der Waals surface area contributed by atoms with E-state index in [2.05, 4.69) is 9.97 Å². The van der Waals surface area contributed by atoms with Crippen LogP contribution in [0.5, 0.6) is 0 Å². The quantitative estimate of drug-likeness (QED) is 0.756. The van der Waals surface area contributed by atoms with E-state index in [9.17, 15) is 4.39 Å². The van der Waals surface area contributed by atoms with E-state index < -0.39 is 5.95 Å². The largest absolute Gasteiger partial charge is 0.374 e. The van der Waals surface area contributed by atoms with Crippen molar-refractivity contribution in [2.24, 2.45) is 0 Å². The molecule has 17 heavy (non-hydrogen) atoms. The molecule has 88 valence electrons. The van der Waals surface area contributed by atoms with E-state index in [1.165, 1.54) is 12.3 Å². The molecule has 0 atom stereocenters. The summed E-state index contributed by atoms with van der Waals surface area (Å²) in [6.45, 7) is 0.792. The fourth-order valence-corrected chi connectivity index (χ4v) is 1.59. The van der Waals surface area contributed by atoms with Crippen molar-refractivity contribution in [3.05, 3.63) is 54.4 Å². The highest BCUT2D eigenvalue weighted by Crippen LogP contribution is 2.12. The molecular weight excluding hydrogens is 217 g/mol. The molecule has 0 radical (unpaired) electrons. The Morgan fingerprint density at radius 3 is 2.76 bits per heavy atom. The molecule has 0 aliphatic rings. The van der Waals surface area contributed by atoms with Crippen LogP contribution < -0.4 is 4.90 Å². The highest BCUT2D eigenvalue weighted by atomic mass is 19.1. The Morgan fingerprint density at radius 1 is 1.18 bits per heavy atom. The van der Waals surface area contributed by atoms with Crippen LogP contribution >= 0.6 is 0 Å². The van der Waals surface area contributed by atoms with Crippen LogP contribution in [0.3, 0.4) is 0 Å². The molecule has 0 aliphatic carbocycles. The summed E-state index contributed by atoms with van der Waals surface area (Å²) in [6, 6.07) is 9.07. The molecule has 2 aromatic heterocycles. The Bertz CT molecular complexity index is 473. The Morgan fingerprint density at radius 2 is 2.06 bits per heavy atom. The van der Waals surface area contributed by atoms with Gasteiger partial charge in [-0.05, 0) is 18.2 Å². The normalized spacial score (nSPS) is 10.2. The fraction of sp³-hybridized carbons (Fsp3) is 0.231. The third kappa shape index (κ3) is 3.24. The van der Waals surface area contributed by atoms with Crippen molar-refractivity contribution in [3.63, 3.8) is 0 Å². The van der Waals surface area contributed by atoms with Crippen LogP contribution in [-0.2, 0) is 6.42 Å². The molecule has 0 N–H and O–H groups in total. The summed E-state index contributed by atoms with van der Waals surface area (Å²) >= 11 is 0. The minimum absolute atomic E-state index is 0.452. The zero-order chi connectivity index (χ0) is 12.1. The van der Waals surface area contributed by atoms with Crippen LogP contribution in [0.2, 0.25) is 0 Å². The van der Waals surface area contributed by atoms with Gasteiger partial charge in [0, 0.05) is 49.9 Å². The van der Waals surface area contributed by atoms with Gasteiger partial charge in [-0.25, -0.2) is 4.98 Å². The van der Waals surface area contributed by atoms with Crippen LogP contribution in [0, 0.1) is 5.95 Å². The van der Waals surface area contributed by atoms with Crippen molar-refractivity contribution in [2.45, 2.75) is 6.42 Å². The van der Waals surface area contributed by atoms with Gasteiger partial charge in [0.1, 0.15) is 0 Å². The molecule has 2 aromatic rings. The van der Waals surface area contributed by atoms with Gasteiger partial charge in [0.2, 0.25) is 5.95 Å². The summed E-state index contributed by atoms with van der Waals surface area (Å²) in [5.41, 5.74) is 1.86. The van der Waals surface area contributed by atoms with E-state index >= 15 is 0 Å². The maximum absolute atomic E-state index is 12.9. The highest BCUT2D eigenvalue weighted by Gasteiger charge is 2.03. The molecule has 4 heteroatoms. The van der Waals surface area contributed by atoms with E-state index in [0.717, 1.165) is 24.3 Å². The molecule has 0 aromatic carbocycles. The monoisotopic (exact) mass is 231 g/mol. The Labute approximate surface area is 99.9 Å². The molecule has 0 unspecified atom stereocenters. The van der Waals surface area contributed by atoms with Crippen molar-refractivity contribution >= 4 is 5.69 Å². The van der Waals surface area contributed by atoms with Crippen molar-refractivity contribution < 1.29 is 4.39 Å². The van der Waals surface area contributed by atoms with Crippen molar-refractivity contribution in [1.29, 1.82) is 0 Å². The van der Waals surface area contributed by atoms with Crippen LogP contribution in [0.1, 0.15) is 5.69 Å². The molecule has 0 bridgehead atoms. The third-order valence-electron chi connectivity index (χ3n) is 2.58. The van der Waals surface area contributed by atoms with Gasteiger partial charge in [-0.2, -0.15) is 4.39 Å². The summed E-state index contributed by atoms with van der Waals surface area (Å²) in [6.07, 6.45) is 4.09. The number of anilines is 1. The van der Waals surface area contributed by atoms with E-state index in [1.54, 1.807) is 12.3 Å². The highest BCUT2D eigenvalue weighted by molar-refractivity contribution is 5.43. The average molecular weight is 231 g/mol. The van der Waals surface area contributed by atoms with Gasteiger partial charge in [0.25, 0.3) is 0 Å². The van der Waals surface area contributed by atoms with Crippen LogP contribution in [0.4, 0.5) is 10.1 Å². The zero-order valence-electron chi connectivity index (χ0n) is 9.68. The number of pyridine rings is 2. The maximum Gasteiger partial charge on any atom is 0.214 e. The second-order valence-corrected chi connectivity index (χ2v) is 3.83. The topological polar surface area (TPSA) is 29.0 Å². The molecule has 0 amide bonds. The third-order valence-corrected chi connectivity index (χ3v) is 2.58. The van der Waals surface area contributed by atoms with Gasteiger partial charge in [-0.1, -0.05) is 6.07 Å². The van der Waals surface area contributed by atoms with Gasteiger partial charge in [-0.15, -0.1) is 0 Å². The zero-order valence-corrected chi connectivity index (χ0v) is 9.68. The average Bonchev–Trinajstić information content (AvgIpc) is 2.37. The Kier molecular flexibility index (Phi) is 3.65. The summed E-state index contributed by atoms with van der Waals surface area (Å²) in [7, 11) is 1.93. The number of rotatable bonds is 4. The van der Waals surface area contributed by atoms with Crippen molar-refractivity contribution in [1.82, 2.24) is 9.97 Å². The summed E-state index contributed by atoms with van der Waals surface area (Å²) in [5.74, 6) is -0.452. The molecule has 0 fully saturated rings. The molecule has 2 heterocycles.